The minimum absolute atomic E-state index is 0.119. The molecule has 1 N–H and O–H groups in total. The minimum atomic E-state index is -0.953. The normalized spacial score (nSPS) is 14.7. The molecule has 0 spiro atoms. The van der Waals surface area contributed by atoms with E-state index in [1.807, 2.05) is 24.3 Å². The third-order valence-electron chi connectivity index (χ3n) is 3.27. The van der Waals surface area contributed by atoms with E-state index in [1.165, 1.54) is 5.56 Å². The van der Waals surface area contributed by atoms with Gasteiger partial charge >= 0.3 is 0 Å². The molecule has 0 aromatic heterocycles. The topological polar surface area (TPSA) is 46.5 Å². The van der Waals surface area contributed by atoms with Crippen molar-refractivity contribution < 1.29 is 14.1 Å². The molecule has 4 heteroatoms. The van der Waals surface area contributed by atoms with Crippen LogP contribution in [0, 0.1) is 0 Å². The Labute approximate surface area is 131 Å². The molecule has 3 nitrogen and oxygen atoms in total. The van der Waals surface area contributed by atoms with Crippen LogP contribution >= 0.6 is 0 Å². The highest BCUT2D eigenvalue weighted by molar-refractivity contribution is 7.85. The number of aliphatic hydroxyl groups excluding tert-OH is 1. The minimum Gasteiger partial charge on any atom is -0.491 e. The van der Waals surface area contributed by atoms with E-state index in [4.69, 9.17) is 4.74 Å². The Bertz CT molecular complexity index is 434. The second kappa shape index (κ2) is 8.54. The molecule has 2 atom stereocenters. The molecule has 0 aliphatic carbocycles. The Hall–Kier alpha value is -0.870. The van der Waals surface area contributed by atoms with Crippen molar-refractivity contribution in [2.24, 2.45) is 0 Å². The van der Waals surface area contributed by atoms with Crippen LogP contribution in [-0.2, 0) is 16.2 Å². The summed E-state index contributed by atoms with van der Waals surface area (Å²) < 4.78 is 17.2. The number of rotatable bonds is 8. The Morgan fingerprint density at radius 2 is 1.86 bits per heavy atom. The van der Waals surface area contributed by atoms with E-state index in [0.717, 1.165) is 18.6 Å². The summed E-state index contributed by atoms with van der Waals surface area (Å²) in [6.07, 6.45) is 1.29. The highest BCUT2D eigenvalue weighted by Gasteiger charge is 2.14. The number of aliphatic hydroxyl groups is 1. The molecule has 21 heavy (non-hydrogen) atoms. The van der Waals surface area contributed by atoms with Crippen molar-refractivity contribution >= 4 is 10.8 Å². The molecule has 1 rings (SSSR count). The van der Waals surface area contributed by atoms with Gasteiger partial charge in [0, 0.05) is 16.6 Å². The van der Waals surface area contributed by atoms with E-state index < -0.39 is 16.9 Å². The van der Waals surface area contributed by atoms with Crippen molar-refractivity contribution in [3.8, 4) is 5.75 Å². The van der Waals surface area contributed by atoms with Gasteiger partial charge < -0.3 is 9.84 Å². The zero-order valence-electron chi connectivity index (χ0n) is 13.6. The van der Waals surface area contributed by atoms with Crippen LogP contribution in [0.1, 0.15) is 46.1 Å². The number of hydrogen-bond donors (Lipinski definition) is 1. The zero-order chi connectivity index (χ0) is 15.9. The van der Waals surface area contributed by atoms with Gasteiger partial charge in [0.05, 0.1) is 11.9 Å². The number of hydrogen-bond acceptors (Lipinski definition) is 3. The standard InChI is InChI=1S/C17H28O3S/c1-5-6-11-21(19)13-15(18)12-20-16-9-7-14(8-10-16)17(2,3)4/h7-10,15,18H,5-6,11-13H2,1-4H3/t15-,21+/m0/s1. The molecule has 0 heterocycles. The number of benzene rings is 1. The van der Waals surface area contributed by atoms with Gasteiger partial charge in [-0.3, -0.25) is 4.21 Å². The Morgan fingerprint density at radius 3 is 2.38 bits per heavy atom. The van der Waals surface area contributed by atoms with E-state index in [9.17, 15) is 9.32 Å². The summed E-state index contributed by atoms with van der Waals surface area (Å²) in [7, 11) is -0.953. The molecular formula is C17H28O3S. The maximum absolute atomic E-state index is 11.7. The first-order valence-electron chi connectivity index (χ1n) is 7.59. The van der Waals surface area contributed by atoms with Crippen molar-refractivity contribution in [2.75, 3.05) is 18.1 Å². The molecule has 0 fully saturated rings. The molecule has 0 saturated carbocycles. The third-order valence-corrected chi connectivity index (χ3v) is 4.77. The van der Waals surface area contributed by atoms with Crippen molar-refractivity contribution in [2.45, 2.75) is 52.1 Å². The Balaban J connectivity index is 2.39. The fourth-order valence-corrected chi connectivity index (χ4v) is 3.20. The van der Waals surface area contributed by atoms with Crippen molar-refractivity contribution in [1.29, 1.82) is 0 Å². The number of ether oxygens (including phenoxy) is 1. The molecule has 0 amide bonds. The van der Waals surface area contributed by atoms with Gasteiger partial charge in [-0.05, 0) is 29.5 Å². The maximum atomic E-state index is 11.7. The molecular weight excluding hydrogens is 284 g/mol. The predicted molar refractivity (Wildman–Crippen MR) is 89.4 cm³/mol. The quantitative estimate of drug-likeness (QED) is 0.801. The van der Waals surface area contributed by atoms with Crippen molar-refractivity contribution in [3.05, 3.63) is 29.8 Å². The lowest BCUT2D eigenvalue weighted by atomic mass is 9.87. The van der Waals surface area contributed by atoms with Crippen LogP contribution in [0.4, 0.5) is 0 Å². The molecule has 0 aliphatic rings. The molecule has 0 radical (unpaired) electrons. The van der Waals surface area contributed by atoms with E-state index in [1.54, 1.807) is 0 Å². The smallest absolute Gasteiger partial charge is 0.119 e. The summed E-state index contributed by atoms with van der Waals surface area (Å²) in [5.41, 5.74) is 1.37. The molecule has 120 valence electrons. The van der Waals surface area contributed by atoms with Crippen LogP contribution in [0.2, 0.25) is 0 Å². The lowest BCUT2D eigenvalue weighted by Crippen LogP contribution is -2.25. The van der Waals surface area contributed by atoms with Gasteiger partial charge in [0.25, 0.3) is 0 Å². The first-order valence-corrected chi connectivity index (χ1v) is 9.08. The van der Waals surface area contributed by atoms with Gasteiger partial charge in [-0.15, -0.1) is 0 Å². The average molecular weight is 312 g/mol. The SMILES string of the molecule is CCCC[S@@](=O)C[C@@H](O)COc1ccc(C(C)(C)C)cc1. The van der Waals surface area contributed by atoms with Crippen LogP contribution in [0.5, 0.6) is 5.75 Å². The first-order chi connectivity index (χ1) is 9.82. The van der Waals surface area contributed by atoms with Gasteiger partial charge in [0.15, 0.2) is 0 Å². The third kappa shape index (κ3) is 7.09. The summed E-state index contributed by atoms with van der Waals surface area (Å²) in [5, 5.41) is 9.85. The summed E-state index contributed by atoms with van der Waals surface area (Å²) in [5.74, 6) is 1.69. The largest absolute Gasteiger partial charge is 0.491 e. The Morgan fingerprint density at radius 1 is 1.24 bits per heavy atom. The van der Waals surface area contributed by atoms with Crippen LogP contribution in [-0.4, -0.2) is 33.5 Å². The molecule has 1 aromatic rings. The second-order valence-corrected chi connectivity index (χ2v) is 8.02. The average Bonchev–Trinajstić information content (AvgIpc) is 2.42. The zero-order valence-corrected chi connectivity index (χ0v) is 14.4. The van der Waals surface area contributed by atoms with E-state index >= 15 is 0 Å². The fourth-order valence-electron chi connectivity index (χ4n) is 1.89. The van der Waals surface area contributed by atoms with E-state index in [0.29, 0.717) is 11.5 Å². The van der Waals surface area contributed by atoms with E-state index in [2.05, 4.69) is 27.7 Å². The molecule has 0 aliphatic heterocycles. The molecule has 1 aromatic carbocycles. The molecule has 0 saturated heterocycles. The summed E-state index contributed by atoms with van der Waals surface area (Å²) in [6, 6.07) is 7.92. The lowest BCUT2D eigenvalue weighted by molar-refractivity contribution is 0.125. The summed E-state index contributed by atoms with van der Waals surface area (Å²) in [6.45, 7) is 8.75. The number of unbranched alkanes of at least 4 members (excludes halogenated alkanes) is 1. The van der Waals surface area contributed by atoms with Crippen molar-refractivity contribution in [1.82, 2.24) is 0 Å². The first kappa shape index (κ1) is 18.2. The highest BCUT2D eigenvalue weighted by Crippen LogP contribution is 2.24. The van der Waals surface area contributed by atoms with Crippen LogP contribution in [0.25, 0.3) is 0 Å². The van der Waals surface area contributed by atoms with E-state index in [-0.39, 0.29) is 12.0 Å². The Kier molecular flexibility index (Phi) is 7.40. The van der Waals surface area contributed by atoms with Gasteiger partial charge in [-0.2, -0.15) is 0 Å². The second-order valence-electron chi connectivity index (χ2n) is 6.40. The van der Waals surface area contributed by atoms with Crippen LogP contribution in [0.15, 0.2) is 24.3 Å². The monoisotopic (exact) mass is 312 g/mol. The summed E-state index contributed by atoms with van der Waals surface area (Å²) >= 11 is 0. The maximum Gasteiger partial charge on any atom is 0.119 e. The molecule has 0 bridgehead atoms. The van der Waals surface area contributed by atoms with Gasteiger partial charge in [-0.1, -0.05) is 46.2 Å². The van der Waals surface area contributed by atoms with Crippen LogP contribution < -0.4 is 4.74 Å². The summed E-state index contributed by atoms with van der Waals surface area (Å²) in [4.78, 5) is 0. The highest BCUT2D eigenvalue weighted by atomic mass is 32.2. The van der Waals surface area contributed by atoms with Gasteiger partial charge in [0.2, 0.25) is 0 Å². The fraction of sp³-hybridized carbons (Fsp3) is 0.647. The lowest BCUT2D eigenvalue weighted by Gasteiger charge is -2.19. The van der Waals surface area contributed by atoms with Gasteiger partial charge in [0.1, 0.15) is 12.4 Å². The van der Waals surface area contributed by atoms with Gasteiger partial charge in [-0.25, -0.2) is 0 Å². The molecule has 0 unspecified atom stereocenters. The van der Waals surface area contributed by atoms with Crippen molar-refractivity contribution in [3.63, 3.8) is 0 Å². The van der Waals surface area contributed by atoms with Crippen LogP contribution in [0.3, 0.4) is 0 Å². The predicted octanol–water partition coefficient (Wildman–Crippen LogP) is 3.27.